The molecule has 0 bridgehead atoms. The predicted octanol–water partition coefficient (Wildman–Crippen LogP) is 0.975. The zero-order chi connectivity index (χ0) is 20.0. The van der Waals surface area contributed by atoms with Crippen LogP contribution in [0, 0.1) is 5.41 Å². The number of carboxylic acids is 2. The molecule has 0 radical (unpaired) electrons. The largest absolute Gasteiger partial charge is 0.478 e. The third-order valence-electron chi connectivity index (χ3n) is 4.06. The third kappa shape index (κ3) is 8.91. The van der Waals surface area contributed by atoms with E-state index in [2.05, 4.69) is 0 Å². The van der Waals surface area contributed by atoms with Crippen LogP contribution < -0.4 is 0 Å². The third-order valence-corrected chi connectivity index (χ3v) is 4.06. The molecule has 0 spiro atoms. The number of rotatable bonds is 5. The fourth-order valence-corrected chi connectivity index (χ4v) is 2.42. The molecular formula is C18H28O8. The summed E-state index contributed by atoms with van der Waals surface area (Å²) in [5, 5.41) is 50.1. The van der Waals surface area contributed by atoms with E-state index in [1.54, 1.807) is 0 Å². The van der Waals surface area contributed by atoms with Crippen LogP contribution in [0.3, 0.4) is 0 Å². The van der Waals surface area contributed by atoms with Crippen LogP contribution in [0.4, 0.5) is 0 Å². The standard InChI is InChI=1S/C8H6O4.C8H16O2.C2H6O2/c9-7(10)5-1-2-6(4-3-5)8(11)12;9-6-8(7-10)4-2-1-3-5-8;3-1-2-4/h1-4H,(H,9,10)(H,11,12);9-10H,1-7H2;3-4H,1-2H2. The monoisotopic (exact) mass is 372 g/mol. The molecule has 0 unspecified atom stereocenters. The lowest BCUT2D eigenvalue weighted by Gasteiger charge is -2.33. The van der Waals surface area contributed by atoms with Crippen molar-refractivity contribution in [2.75, 3.05) is 26.4 Å². The van der Waals surface area contributed by atoms with Crippen molar-refractivity contribution < 1.29 is 40.2 Å². The normalized spacial score (nSPS) is 14.9. The number of aliphatic hydroxyl groups is 4. The second-order valence-electron chi connectivity index (χ2n) is 6.01. The van der Waals surface area contributed by atoms with Crippen LogP contribution >= 0.6 is 0 Å². The molecule has 0 saturated heterocycles. The summed E-state index contributed by atoms with van der Waals surface area (Å²) in [5.41, 5.74) is 0.0399. The molecule has 0 atom stereocenters. The minimum absolute atomic E-state index is 0.0833. The maximum Gasteiger partial charge on any atom is 0.335 e. The summed E-state index contributed by atoms with van der Waals surface area (Å²) in [5.74, 6) is -2.13. The highest BCUT2D eigenvalue weighted by Crippen LogP contribution is 2.34. The first-order chi connectivity index (χ1) is 12.4. The van der Waals surface area contributed by atoms with Gasteiger partial charge in [-0.3, -0.25) is 0 Å². The average Bonchev–Trinajstić information content (AvgIpc) is 2.69. The molecular weight excluding hydrogens is 344 g/mol. The van der Waals surface area contributed by atoms with Crippen LogP contribution in [0.2, 0.25) is 0 Å². The van der Waals surface area contributed by atoms with E-state index in [9.17, 15) is 9.59 Å². The summed E-state index contributed by atoms with van der Waals surface area (Å²) >= 11 is 0. The van der Waals surface area contributed by atoms with Crippen LogP contribution in [0.25, 0.3) is 0 Å². The molecule has 0 heterocycles. The summed E-state index contributed by atoms with van der Waals surface area (Å²) < 4.78 is 0. The van der Waals surface area contributed by atoms with Crippen molar-refractivity contribution in [3.63, 3.8) is 0 Å². The van der Waals surface area contributed by atoms with E-state index in [0.29, 0.717) is 0 Å². The van der Waals surface area contributed by atoms with E-state index in [4.69, 9.17) is 30.6 Å². The van der Waals surface area contributed by atoms with Crippen molar-refractivity contribution in [1.82, 2.24) is 0 Å². The van der Waals surface area contributed by atoms with Gasteiger partial charge >= 0.3 is 11.9 Å². The first-order valence-electron chi connectivity index (χ1n) is 8.36. The second kappa shape index (κ2) is 13.2. The minimum atomic E-state index is -1.06. The molecule has 8 nitrogen and oxygen atoms in total. The van der Waals surface area contributed by atoms with Gasteiger partial charge in [0.15, 0.2) is 0 Å². The van der Waals surface area contributed by atoms with Crippen molar-refractivity contribution in [1.29, 1.82) is 0 Å². The first kappa shape index (κ1) is 24.0. The SMILES string of the molecule is O=C(O)c1ccc(C(=O)O)cc1.OCC1(CO)CCCCC1.OCCO. The van der Waals surface area contributed by atoms with E-state index in [-0.39, 0.29) is 43.0 Å². The van der Waals surface area contributed by atoms with E-state index in [1.807, 2.05) is 0 Å². The van der Waals surface area contributed by atoms with Gasteiger partial charge in [0.2, 0.25) is 0 Å². The lowest BCUT2D eigenvalue weighted by molar-refractivity contribution is 0.0234. The first-order valence-corrected chi connectivity index (χ1v) is 8.36. The van der Waals surface area contributed by atoms with Gasteiger partial charge in [0.25, 0.3) is 0 Å². The number of carboxylic acid groups (broad SMARTS) is 2. The Balaban J connectivity index is 0.000000405. The van der Waals surface area contributed by atoms with Crippen molar-refractivity contribution in [3.05, 3.63) is 35.4 Å². The summed E-state index contributed by atoms with van der Waals surface area (Å²) in [7, 11) is 0. The molecule has 8 heteroatoms. The Hall–Kier alpha value is -2.00. The second-order valence-corrected chi connectivity index (χ2v) is 6.01. The van der Waals surface area contributed by atoms with Gasteiger partial charge < -0.3 is 30.6 Å². The van der Waals surface area contributed by atoms with Gasteiger partial charge in [0.1, 0.15) is 0 Å². The zero-order valence-corrected chi connectivity index (χ0v) is 14.7. The van der Waals surface area contributed by atoms with Gasteiger partial charge in [-0.1, -0.05) is 19.3 Å². The number of carbonyl (C=O) groups is 2. The summed E-state index contributed by atoms with van der Waals surface area (Å²) in [6, 6.07) is 5.02. The lowest BCUT2D eigenvalue weighted by Crippen LogP contribution is -2.31. The number of benzene rings is 1. The van der Waals surface area contributed by atoms with Gasteiger partial charge in [0.05, 0.1) is 37.6 Å². The Morgan fingerprint density at radius 2 is 1.08 bits per heavy atom. The fourth-order valence-electron chi connectivity index (χ4n) is 2.42. The molecule has 1 fully saturated rings. The molecule has 26 heavy (non-hydrogen) atoms. The van der Waals surface area contributed by atoms with Crippen LogP contribution in [0.15, 0.2) is 24.3 Å². The van der Waals surface area contributed by atoms with Crippen LogP contribution in [-0.2, 0) is 0 Å². The smallest absolute Gasteiger partial charge is 0.335 e. The molecule has 1 saturated carbocycles. The Kier molecular flexibility index (Phi) is 12.2. The molecule has 0 aromatic heterocycles. The number of hydrogen-bond acceptors (Lipinski definition) is 6. The van der Waals surface area contributed by atoms with E-state index in [1.165, 1.54) is 43.5 Å². The fraction of sp³-hybridized carbons (Fsp3) is 0.556. The van der Waals surface area contributed by atoms with Crippen LogP contribution in [0.5, 0.6) is 0 Å². The Morgan fingerprint density at radius 3 is 1.27 bits per heavy atom. The molecule has 0 amide bonds. The minimum Gasteiger partial charge on any atom is -0.478 e. The molecule has 148 valence electrons. The average molecular weight is 372 g/mol. The van der Waals surface area contributed by atoms with Gasteiger partial charge in [0, 0.05) is 5.41 Å². The number of aromatic carboxylic acids is 2. The predicted molar refractivity (Wildman–Crippen MR) is 94.2 cm³/mol. The van der Waals surface area contributed by atoms with Gasteiger partial charge in [-0.05, 0) is 37.1 Å². The highest BCUT2D eigenvalue weighted by Gasteiger charge is 2.30. The quantitative estimate of drug-likeness (QED) is 0.447. The topological polar surface area (TPSA) is 156 Å². The van der Waals surface area contributed by atoms with Crippen molar-refractivity contribution in [3.8, 4) is 0 Å². The van der Waals surface area contributed by atoms with E-state index in [0.717, 1.165) is 12.8 Å². The van der Waals surface area contributed by atoms with Crippen LogP contribution in [0.1, 0.15) is 52.8 Å². The molecule has 6 N–H and O–H groups in total. The zero-order valence-electron chi connectivity index (χ0n) is 14.7. The van der Waals surface area contributed by atoms with E-state index < -0.39 is 11.9 Å². The van der Waals surface area contributed by atoms with Crippen molar-refractivity contribution in [2.24, 2.45) is 5.41 Å². The molecule has 0 aliphatic heterocycles. The molecule has 1 aromatic rings. The number of aliphatic hydroxyl groups excluding tert-OH is 4. The highest BCUT2D eigenvalue weighted by atomic mass is 16.4. The highest BCUT2D eigenvalue weighted by molar-refractivity contribution is 5.91. The molecule has 1 aromatic carbocycles. The summed E-state index contributed by atoms with van der Waals surface area (Å²) in [4.78, 5) is 20.7. The summed E-state index contributed by atoms with van der Waals surface area (Å²) in [6.07, 6.45) is 5.60. The maximum atomic E-state index is 10.3. The van der Waals surface area contributed by atoms with Gasteiger partial charge in [-0.25, -0.2) is 9.59 Å². The van der Waals surface area contributed by atoms with E-state index >= 15 is 0 Å². The van der Waals surface area contributed by atoms with Crippen molar-refractivity contribution in [2.45, 2.75) is 32.1 Å². The molecule has 1 aliphatic rings. The Labute approximate surface area is 152 Å². The Bertz CT molecular complexity index is 479. The van der Waals surface area contributed by atoms with Gasteiger partial charge in [-0.15, -0.1) is 0 Å². The lowest BCUT2D eigenvalue weighted by atomic mass is 9.75. The molecule has 2 rings (SSSR count). The van der Waals surface area contributed by atoms with Crippen LogP contribution in [-0.4, -0.2) is 69.0 Å². The molecule has 1 aliphatic carbocycles. The summed E-state index contributed by atoms with van der Waals surface area (Å²) in [6.45, 7) is 0.0625. The van der Waals surface area contributed by atoms with Crippen molar-refractivity contribution >= 4 is 11.9 Å². The Morgan fingerprint density at radius 1 is 0.731 bits per heavy atom. The number of hydrogen-bond donors (Lipinski definition) is 6. The van der Waals surface area contributed by atoms with Gasteiger partial charge in [-0.2, -0.15) is 0 Å². The maximum absolute atomic E-state index is 10.3.